The smallest absolute Gasteiger partial charge is 0.353 e. The Morgan fingerprint density at radius 2 is 1.82 bits per heavy atom. The molecule has 1 amide bonds. The number of halogens is 3. The SMILES string of the molecule is C=C(/C=C\C(=C/C)c1ccc(CC(=O)Nc2cccc(C(F)(F)F)c2)cc1)Nc1cnn(C)c1. The van der Waals surface area contributed by atoms with E-state index in [-0.39, 0.29) is 12.1 Å². The van der Waals surface area contributed by atoms with Gasteiger partial charge in [-0.05, 0) is 47.9 Å². The number of nitrogens with one attached hydrogen (secondary N) is 2. The highest BCUT2D eigenvalue weighted by molar-refractivity contribution is 5.92. The van der Waals surface area contributed by atoms with E-state index in [0.29, 0.717) is 5.70 Å². The van der Waals surface area contributed by atoms with Crippen LogP contribution in [0.25, 0.3) is 5.57 Å². The molecule has 8 heteroatoms. The largest absolute Gasteiger partial charge is 0.416 e. The summed E-state index contributed by atoms with van der Waals surface area (Å²) < 4.78 is 40.2. The van der Waals surface area contributed by atoms with Crippen molar-refractivity contribution in [2.75, 3.05) is 10.6 Å². The monoisotopic (exact) mass is 466 g/mol. The van der Waals surface area contributed by atoms with Crippen LogP contribution in [0.4, 0.5) is 24.5 Å². The zero-order chi connectivity index (χ0) is 24.7. The summed E-state index contributed by atoms with van der Waals surface area (Å²) in [6.07, 6.45) is 4.89. The number of benzene rings is 2. The minimum absolute atomic E-state index is 0.0450. The molecule has 0 aliphatic heterocycles. The van der Waals surface area contributed by atoms with Crippen LogP contribution in [0.1, 0.15) is 23.6 Å². The molecule has 0 saturated heterocycles. The molecule has 0 aliphatic rings. The lowest BCUT2D eigenvalue weighted by molar-refractivity contribution is -0.137. The number of allylic oxidation sites excluding steroid dienone is 4. The van der Waals surface area contributed by atoms with Crippen molar-refractivity contribution >= 4 is 22.9 Å². The second-order valence-electron chi connectivity index (χ2n) is 7.63. The van der Waals surface area contributed by atoms with Gasteiger partial charge >= 0.3 is 6.18 Å². The second-order valence-corrected chi connectivity index (χ2v) is 7.63. The van der Waals surface area contributed by atoms with Crippen molar-refractivity contribution in [1.82, 2.24) is 9.78 Å². The Hall–Kier alpha value is -4.07. The summed E-state index contributed by atoms with van der Waals surface area (Å²) in [6.45, 7) is 5.91. The number of amides is 1. The summed E-state index contributed by atoms with van der Waals surface area (Å²) in [6, 6.07) is 12.0. The third-order valence-electron chi connectivity index (χ3n) is 4.91. The Morgan fingerprint density at radius 3 is 2.44 bits per heavy atom. The summed E-state index contributed by atoms with van der Waals surface area (Å²) in [7, 11) is 1.83. The van der Waals surface area contributed by atoms with E-state index >= 15 is 0 Å². The minimum Gasteiger partial charge on any atom is -0.353 e. The molecule has 176 valence electrons. The molecular formula is C26H25F3N4O. The Labute approximate surface area is 196 Å². The highest BCUT2D eigenvalue weighted by Gasteiger charge is 2.30. The van der Waals surface area contributed by atoms with Crippen LogP contribution in [0.2, 0.25) is 0 Å². The molecule has 1 aromatic heterocycles. The van der Waals surface area contributed by atoms with Gasteiger partial charge in [0.2, 0.25) is 5.91 Å². The lowest BCUT2D eigenvalue weighted by atomic mass is 10.0. The topological polar surface area (TPSA) is 59.0 Å². The first kappa shape index (κ1) is 24.6. The maximum atomic E-state index is 12.8. The van der Waals surface area contributed by atoms with Crippen molar-refractivity contribution in [1.29, 1.82) is 0 Å². The zero-order valence-electron chi connectivity index (χ0n) is 18.9. The minimum atomic E-state index is -4.46. The molecule has 0 fully saturated rings. The van der Waals surface area contributed by atoms with Crippen LogP contribution in [0.3, 0.4) is 0 Å². The lowest BCUT2D eigenvalue weighted by Gasteiger charge is -2.10. The van der Waals surface area contributed by atoms with Crippen LogP contribution in [-0.4, -0.2) is 15.7 Å². The number of carbonyl (C=O) groups excluding carboxylic acids is 1. The fourth-order valence-electron chi connectivity index (χ4n) is 3.24. The van der Waals surface area contributed by atoms with Gasteiger partial charge < -0.3 is 10.6 Å². The molecule has 0 bridgehead atoms. The van der Waals surface area contributed by atoms with E-state index in [0.717, 1.165) is 34.5 Å². The molecule has 0 radical (unpaired) electrons. The standard InChI is InChI=1S/C26H25F3N4O/c1-4-20(11-8-18(2)31-24-16-30-33(3)17-24)21-12-9-19(10-13-21)14-25(34)32-23-7-5-6-22(15-23)26(27,28)29/h4-13,15-17,31H,2,14H2,1,3H3,(H,32,34)/b11-8-,20-4+. The molecule has 5 nitrogen and oxygen atoms in total. The Morgan fingerprint density at radius 1 is 1.09 bits per heavy atom. The van der Waals surface area contributed by atoms with Crippen LogP contribution < -0.4 is 10.6 Å². The van der Waals surface area contributed by atoms with Gasteiger partial charge in [0.1, 0.15) is 0 Å². The van der Waals surface area contributed by atoms with E-state index < -0.39 is 17.6 Å². The molecule has 0 atom stereocenters. The van der Waals surface area contributed by atoms with Crippen molar-refractivity contribution in [3.63, 3.8) is 0 Å². The van der Waals surface area contributed by atoms with Gasteiger partial charge in [-0.2, -0.15) is 18.3 Å². The van der Waals surface area contributed by atoms with E-state index in [9.17, 15) is 18.0 Å². The zero-order valence-corrected chi connectivity index (χ0v) is 18.9. The van der Waals surface area contributed by atoms with Crippen LogP contribution in [0.5, 0.6) is 0 Å². The van der Waals surface area contributed by atoms with E-state index in [1.165, 1.54) is 12.1 Å². The summed E-state index contributed by atoms with van der Waals surface area (Å²) in [5.74, 6) is -0.393. The molecule has 3 aromatic rings. The number of nitrogens with zero attached hydrogens (tertiary/aromatic N) is 2. The highest BCUT2D eigenvalue weighted by atomic mass is 19.4. The first-order chi connectivity index (χ1) is 16.1. The molecule has 0 aliphatic carbocycles. The normalized spacial score (nSPS) is 12.1. The van der Waals surface area contributed by atoms with Crippen LogP contribution in [0, 0.1) is 0 Å². The van der Waals surface area contributed by atoms with Gasteiger partial charge in [-0.1, -0.05) is 49.1 Å². The van der Waals surface area contributed by atoms with Gasteiger partial charge in [0.25, 0.3) is 0 Å². The number of aromatic nitrogens is 2. The number of rotatable bonds is 8. The van der Waals surface area contributed by atoms with Crippen LogP contribution in [-0.2, 0) is 24.4 Å². The molecule has 0 spiro atoms. The maximum Gasteiger partial charge on any atom is 0.416 e. The number of carbonyl (C=O) groups is 1. The molecule has 3 rings (SSSR count). The molecule has 1 heterocycles. The Balaban J connectivity index is 1.59. The van der Waals surface area contributed by atoms with Gasteiger partial charge in [0, 0.05) is 24.6 Å². The van der Waals surface area contributed by atoms with Crippen LogP contribution in [0.15, 0.2) is 91.4 Å². The molecule has 2 N–H and O–H groups in total. The number of anilines is 2. The summed E-state index contributed by atoms with van der Waals surface area (Å²) >= 11 is 0. The van der Waals surface area contributed by atoms with Gasteiger partial charge in [0.05, 0.1) is 23.9 Å². The highest BCUT2D eigenvalue weighted by Crippen LogP contribution is 2.30. The molecule has 34 heavy (non-hydrogen) atoms. The number of hydrogen-bond acceptors (Lipinski definition) is 3. The van der Waals surface area contributed by atoms with Crippen molar-refractivity contribution in [2.45, 2.75) is 19.5 Å². The Kier molecular flexibility index (Phi) is 7.73. The number of alkyl halides is 3. The third-order valence-corrected chi connectivity index (χ3v) is 4.91. The number of aryl methyl sites for hydroxylation is 1. The summed E-state index contributed by atoms with van der Waals surface area (Å²) in [5, 5.41) is 9.78. The first-order valence-electron chi connectivity index (χ1n) is 10.5. The summed E-state index contributed by atoms with van der Waals surface area (Å²) in [4.78, 5) is 12.3. The van der Waals surface area contributed by atoms with Gasteiger partial charge in [-0.15, -0.1) is 0 Å². The molecule has 0 saturated carbocycles. The van der Waals surface area contributed by atoms with Gasteiger partial charge in [0.15, 0.2) is 0 Å². The average Bonchev–Trinajstić information content (AvgIpc) is 3.19. The predicted octanol–water partition coefficient (Wildman–Crippen LogP) is 6.21. The van der Waals surface area contributed by atoms with Crippen molar-refractivity contribution < 1.29 is 18.0 Å². The fourth-order valence-corrected chi connectivity index (χ4v) is 3.24. The van der Waals surface area contributed by atoms with Crippen molar-refractivity contribution in [3.05, 3.63) is 108 Å². The van der Waals surface area contributed by atoms with E-state index in [1.54, 1.807) is 10.9 Å². The lowest BCUT2D eigenvalue weighted by Crippen LogP contribution is -2.15. The average molecular weight is 467 g/mol. The Bertz CT molecular complexity index is 1220. The van der Waals surface area contributed by atoms with Crippen molar-refractivity contribution in [3.8, 4) is 0 Å². The van der Waals surface area contributed by atoms with E-state index in [4.69, 9.17) is 0 Å². The molecular weight excluding hydrogens is 441 g/mol. The molecule has 2 aromatic carbocycles. The quantitative estimate of drug-likeness (QED) is 0.388. The fraction of sp³-hybridized carbons (Fsp3) is 0.154. The van der Waals surface area contributed by atoms with Gasteiger partial charge in [-0.25, -0.2) is 0 Å². The first-order valence-corrected chi connectivity index (χ1v) is 10.5. The van der Waals surface area contributed by atoms with Crippen LogP contribution >= 0.6 is 0 Å². The number of hydrogen-bond donors (Lipinski definition) is 2. The second kappa shape index (κ2) is 10.7. The van der Waals surface area contributed by atoms with Gasteiger partial charge in [-0.3, -0.25) is 9.48 Å². The maximum absolute atomic E-state index is 12.8. The van der Waals surface area contributed by atoms with Crippen molar-refractivity contribution in [2.24, 2.45) is 7.05 Å². The third kappa shape index (κ3) is 6.96. The molecule has 0 unspecified atom stereocenters. The van der Waals surface area contributed by atoms with E-state index in [2.05, 4.69) is 22.3 Å². The van der Waals surface area contributed by atoms with E-state index in [1.807, 2.05) is 62.7 Å². The predicted molar refractivity (Wildman–Crippen MR) is 129 cm³/mol. The summed E-state index contributed by atoms with van der Waals surface area (Å²) in [5.41, 5.74) is 3.51.